The van der Waals surface area contributed by atoms with Gasteiger partial charge in [0.1, 0.15) is 24.1 Å². The molecule has 2 amide bonds. The Balaban J connectivity index is 2.17. The predicted octanol–water partition coefficient (Wildman–Crippen LogP) is 4.17. The van der Waals surface area contributed by atoms with Crippen molar-refractivity contribution in [1.29, 1.82) is 0 Å². The van der Waals surface area contributed by atoms with E-state index in [1.165, 1.54) is 57.6 Å². The van der Waals surface area contributed by atoms with Gasteiger partial charge in [0.25, 0.3) is 10.0 Å². The van der Waals surface area contributed by atoms with Gasteiger partial charge in [0.05, 0.1) is 39.0 Å². The van der Waals surface area contributed by atoms with Crippen LogP contribution in [0.4, 0.5) is 5.69 Å². The van der Waals surface area contributed by atoms with Gasteiger partial charge >= 0.3 is 0 Å². The third kappa shape index (κ3) is 7.73. The lowest BCUT2D eigenvalue weighted by atomic mass is 10.1. The van der Waals surface area contributed by atoms with Crippen LogP contribution in [0.5, 0.6) is 23.0 Å². The zero-order valence-corrected chi connectivity index (χ0v) is 27.1. The van der Waals surface area contributed by atoms with Crippen molar-refractivity contribution in [2.45, 2.75) is 44.7 Å². The monoisotopic (exact) mass is 627 g/mol. The summed E-state index contributed by atoms with van der Waals surface area (Å²) in [6.45, 7) is 5.36. The van der Waals surface area contributed by atoms with E-state index < -0.39 is 28.5 Å². The first kappa shape index (κ1) is 34.0. The predicted molar refractivity (Wildman–Crippen MR) is 168 cm³/mol. The highest BCUT2D eigenvalue weighted by atomic mass is 32.2. The average molecular weight is 628 g/mol. The summed E-state index contributed by atoms with van der Waals surface area (Å²) in [5.74, 6) is 0.138. The second kappa shape index (κ2) is 15.3. The number of aryl methyl sites for hydroxylation is 1. The number of sulfonamides is 1. The zero-order valence-electron chi connectivity index (χ0n) is 26.2. The molecule has 1 N–H and O–H groups in total. The van der Waals surface area contributed by atoms with Crippen molar-refractivity contribution in [2.75, 3.05) is 45.8 Å². The van der Waals surface area contributed by atoms with Crippen LogP contribution in [-0.4, -0.2) is 72.7 Å². The van der Waals surface area contributed by atoms with Crippen LogP contribution >= 0.6 is 0 Å². The van der Waals surface area contributed by atoms with E-state index >= 15 is 0 Å². The summed E-state index contributed by atoms with van der Waals surface area (Å²) in [4.78, 5) is 28.6. The first-order chi connectivity index (χ1) is 21.0. The highest BCUT2D eigenvalue weighted by Crippen LogP contribution is 2.37. The Morgan fingerprint density at radius 2 is 1.52 bits per heavy atom. The Hall–Kier alpha value is -4.45. The molecule has 0 radical (unpaired) electrons. The summed E-state index contributed by atoms with van der Waals surface area (Å²) in [5, 5.41) is 2.84. The van der Waals surface area contributed by atoms with Crippen molar-refractivity contribution in [3.8, 4) is 23.0 Å². The number of carbonyl (C=O) groups is 2. The molecule has 3 aromatic carbocycles. The summed E-state index contributed by atoms with van der Waals surface area (Å²) in [5.41, 5.74) is 1.83. The first-order valence-corrected chi connectivity index (χ1v) is 15.5. The average Bonchev–Trinajstić information content (AvgIpc) is 3.04. The van der Waals surface area contributed by atoms with E-state index in [1.807, 2.05) is 38.1 Å². The summed E-state index contributed by atoms with van der Waals surface area (Å²) in [6.07, 6.45) is 0.719. The number of ether oxygens (including phenoxy) is 4. The largest absolute Gasteiger partial charge is 0.497 e. The molecule has 0 saturated heterocycles. The van der Waals surface area contributed by atoms with Crippen LogP contribution in [-0.2, 0) is 26.2 Å². The molecule has 3 rings (SSSR count). The maximum Gasteiger partial charge on any atom is 0.265 e. The van der Waals surface area contributed by atoms with E-state index in [1.54, 1.807) is 19.1 Å². The second-order valence-corrected chi connectivity index (χ2v) is 11.8. The fraction of sp³-hybridized carbons (Fsp3) is 0.375. The highest BCUT2D eigenvalue weighted by Gasteiger charge is 2.34. The van der Waals surface area contributed by atoms with Gasteiger partial charge in [-0.2, -0.15) is 0 Å². The van der Waals surface area contributed by atoms with Crippen molar-refractivity contribution < 1.29 is 37.0 Å². The molecule has 0 heterocycles. The van der Waals surface area contributed by atoms with Gasteiger partial charge in [-0.05, 0) is 55.7 Å². The van der Waals surface area contributed by atoms with Gasteiger partial charge in [-0.3, -0.25) is 13.9 Å². The molecule has 0 bridgehead atoms. The lowest BCUT2D eigenvalue weighted by Crippen LogP contribution is -2.51. The summed E-state index contributed by atoms with van der Waals surface area (Å²) in [6, 6.07) is 15.4. The highest BCUT2D eigenvalue weighted by molar-refractivity contribution is 7.92. The van der Waals surface area contributed by atoms with Gasteiger partial charge in [0, 0.05) is 25.2 Å². The van der Waals surface area contributed by atoms with Gasteiger partial charge in [-0.1, -0.05) is 31.2 Å². The van der Waals surface area contributed by atoms with Gasteiger partial charge in [-0.15, -0.1) is 0 Å². The molecule has 12 heteroatoms. The fourth-order valence-electron chi connectivity index (χ4n) is 4.56. The third-order valence-electron chi connectivity index (χ3n) is 7.20. The lowest BCUT2D eigenvalue weighted by molar-refractivity contribution is -0.139. The molecule has 0 aromatic heterocycles. The standard InChI is InChI=1S/C32H41N3O8S/c1-8-17-33-32(37)23(3)34(20-24-12-10-9-11-22(24)2)31(36)21-35(27-18-25(40-4)13-15-28(27)41-5)44(38,39)26-14-16-29(42-6)30(19-26)43-7/h9-16,18-19,23H,8,17,20-21H2,1-7H3,(H,33,37)/t23-/m1/s1. The maximum atomic E-state index is 14.4. The van der Waals surface area contributed by atoms with E-state index in [-0.39, 0.29) is 34.5 Å². The van der Waals surface area contributed by atoms with Crippen LogP contribution in [0, 0.1) is 6.92 Å². The minimum atomic E-state index is -4.42. The third-order valence-corrected chi connectivity index (χ3v) is 8.95. The van der Waals surface area contributed by atoms with Gasteiger partial charge < -0.3 is 29.2 Å². The second-order valence-electron chi connectivity index (χ2n) is 9.98. The number of rotatable bonds is 15. The van der Waals surface area contributed by atoms with Crippen LogP contribution in [0.1, 0.15) is 31.4 Å². The molecule has 0 aliphatic carbocycles. The van der Waals surface area contributed by atoms with E-state index in [0.717, 1.165) is 21.9 Å². The van der Waals surface area contributed by atoms with Crippen LogP contribution in [0.2, 0.25) is 0 Å². The van der Waals surface area contributed by atoms with Crippen molar-refractivity contribution in [2.24, 2.45) is 0 Å². The van der Waals surface area contributed by atoms with E-state index in [4.69, 9.17) is 18.9 Å². The number of nitrogens with zero attached hydrogens (tertiary/aromatic N) is 2. The van der Waals surface area contributed by atoms with Crippen molar-refractivity contribution in [1.82, 2.24) is 10.2 Å². The van der Waals surface area contributed by atoms with Gasteiger partial charge in [-0.25, -0.2) is 8.42 Å². The minimum Gasteiger partial charge on any atom is -0.497 e. The number of anilines is 1. The van der Waals surface area contributed by atoms with Crippen molar-refractivity contribution in [3.05, 3.63) is 71.8 Å². The SMILES string of the molecule is CCCNC(=O)[C@@H](C)N(Cc1ccccc1C)C(=O)CN(c1cc(OC)ccc1OC)S(=O)(=O)c1ccc(OC)c(OC)c1. The number of methoxy groups -OCH3 is 4. The maximum absolute atomic E-state index is 14.4. The topological polar surface area (TPSA) is 124 Å². The fourth-order valence-corrected chi connectivity index (χ4v) is 5.99. The van der Waals surface area contributed by atoms with Crippen LogP contribution in [0.15, 0.2) is 65.6 Å². The number of carbonyl (C=O) groups excluding carboxylic acids is 2. The van der Waals surface area contributed by atoms with E-state index in [0.29, 0.717) is 18.0 Å². The number of nitrogens with one attached hydrogen (secondary N) is 1. The van der Waals surface area contributed by atoms with E-state index in [9.17, 15) is 18.0 Å². The molecular weight excluding hydrogens is 586 g/mol. The number of hydrogen-bond acceptors (Lipinski definition) is 8. The molecule has 0 unspecified atom stereocenters. The van der Waals surface area contributed by atoms with Crippen molar-refractivity contribution in [3.63, 3.8) is 0 Å². The normalized spacial score (nSPS) is 11.7. The summed E-state index contributed by atoms with van der Waals surface area (Å²) < 4.78 is 51.2. The lowest BCUT2D eigenvalue weighted by Gasteiger charge is -2.32. The Bertz CT molecular complexity index is 1560. The van der Waals surface area contributed by atoms with E-state index in [2.05, 4.69) is 5.32 Å². The quantitative estimate of drug-likeness (QED) is 0.266. The molecule has 0 spiro atoms. The van der Waals surface area contributed by atoms with Crippen LogP contribution < -0.4 is 28.6 Å². The summed E-state index contributed by atoms with van der Waals surface area (Å²) >= 11 is 0. The Labute approximate surface area is 259 Å². The molecule has 238 valence electrons. The van der Waals surface area contributed by atoms with Crippen molar-refractivity contribution >= 4 is 27.5 Å². The minimum absolute atomic E-state index is 0.0777. The molecule has 1 atom stereocenters. The molecule has 0 aliphatic heterocycles. The molecule has 44 heavy (non-hydrogen) atoms. The number of amides is 2. The zero-order chi connectivity index (χ0) is 32.4. The van der Waals surface area contributed by atoms with Crippen LogP contribution in [0.3, 0.4) is 0 Å². The molecule has 0 aliphatic rings. The number of benzene rings is 3. The molecular formula is C32H41N3O8S. The molecule has 0 fully saturated rings. The van der Waals surface area contributed by atoms with Gasteiger partial charge in [0.15, 0.2) is 11.5 Å². The Morgan fingerprint density at radius 1 is 0.864 bits per heavy atom. The van der Waals surface area contributed by atoms with Gasteiger partial charge in [0.2, 0.25) is 11.8 Å². The Morgan fingerprint density at radius 3 is 2.14 bits per heavy atom. The number of hydrogen-bond donors (Lipinski definition) is 1. The molecule has 11 nitrogen and oxygen atoms in total. The first-order valence-electron chi connectivity index (χ1n) is 14.1. The smallest absolute Gasteiger partial charge is 0.265 e. The molecule has 3 aromatic rings. The molecule has 0 saturated carbocycles. The van der Waals surface area contributed by atoms with Crippen LogP contribution in [0.25, 0.3) is 0 Å². The summed E-state index contributed by atoms with van der Waals surface area (Å²) in [7, 11) is 1.27. The Kier molecular flexibility index (Phi) is 11.9.